The van der Waals surface area contributed by atoms with Crippen molar-refractivity contribution >= 4 is 20.2 Å². The molecule has 0 rings (SSSR count). The Balaban J connectivity index is -0.0000000267. The molecule has 0 aliphatic rings. The zero-order chi connectivity index (χ0) is 4.50. The first-order chi connectivity index (χ1) is 2.00. The fourth-order valence-corrected chi connectivity index (χ4v) is 0. The maximum absolute atomic E-state index is 9.11. The molecule has 0 aliphatic carbocycles. The molecule has 0 aromatic carbocycles. The Bertz CT molecular complexity index is 100. The molecule has 60 valence electrons. The molecule has 2 radical (unpaired) electrons. The van der Waals surface area contributed by atoms with Gasteiger partial charge in [0.15, 0.2) is 0 Å². The molecule has 5 N–H and O–H groups in total. The average molecular weight is 387 g/mol. The molecule has 0 bridgehead atoms. The monoisotopic (exact) mass is 387 g/mol. The standard InChI is InChI=1S/Au.Co.H3N.H2O3S2/c;;;1-5(2,3)4/h;;1H3;(H2,1,2,3,4). The van der Waals surface area contributed by atoms with Crippen LogP contribution in [0.4, 0.5) is 0 Å². The van der Waals surface area contributed by atoms with Gasteiger partial charge in [0.1, 0.15) is 0 Å². The minimum absolute atomic E-state index is 0. The normalized spacial score (nSPS) is 7.25. The van der Waals surface area contributed by atoms with Gasteiger partial charge in [0.2, 0.25) is 0 Å². The van der Waals surface area contributed by atoms with E-state index in [4.69, 9.17) is 13.3 Å². The first kappa shape index (κ1) is 22.7. The Morgan fingerprint density at radius 3 is 1.38 bits per heavy atom. The molecule has 4 nitrogen and oxygen atoms in total. The van der Waals surface area contributed by atoms with Crippen LogP contribution in [0.1, 0.15) is 0 Å². The van der Waals surface area contributed by atoms with Crippen LogP contribution in [0.25, 0.3) is 0 Å². The molecule has 0 aliphatic heterocycles. The van der Waals surface area contributed by atoms with Crippen LogP contribution in [0.2, 0.25) is 0 Å². The van der Waals surface area contributed by atoms with Gasteiger partial charge in [-0.1, -0.05) is 0 Å². The molecule has 0 spiro atoms. The van der Waals surface area contributed by atoms with E-state index in [2.05, 4.69) is 11.2 Å². The van der Waals surface area contributed by atoms with Crippen LogP contribution in [-0.4, -0.2) is 13.3 Å². The van der Waals surface area contributed by atoms with Gasteiger partial charge >= 0.3 is 0 Å². The van der Waals surface area contributed by atoms with Crippen LogP contribution in [0.5, 0.6) is 0 Å². The molecule has 0 unspecified atom stereocenters. The molecule has 0 aromatic heterocycles. The molecule has 0 atom stereocenters. The third-order valence-electron chi connectivity index (χ3n) is 0. The Hall–Kier alpha value is 1.50. The van der Waals surface area contributed by atoms with Crippen molar-refractivity contribution in [1.82, 2.24) is 6.15 Å². The summed E-state index contributed by atoms with van der Waals surface area (Å²) in [6.45, 7) is 0. The van der Waals surface area contributed by atoms with E-state index in [9.17, 15) is 0 Å². The number of rotatable bonds is 0. The van der Waals surface area contributed by atoms with Gasteiger partial charge in [-0.15, -0.1) is 0 Å². The summed E-state index contributed by atoms with van der Waals surface area (Å²) in [4.78, 5) is 0. The summed E-state index contributed by atoms with van der Waals surface area (Å²) in [6, 6.07) is 0. The topological polar surface area (TPSA) is 92.5 Å². The minimum Gasteiger partial charge on any atom is -0.344 e. The second-order valence-electron chi connectivity index (χ2n) is 0.448. The van der Waals surface area contributed by atoms with E-state index in [1.165, 1.54) is 0 Å². The van der Waals surface area contributed by atoms with Gasteiger partial charge in [-0.25, -0.2) is 0 Å². The molecule has 0 amide bonds. The predicted octanol–water partition coefficient (Wildman–Crippen LogP) is -0.164. The summed E-state index contributed by atoms with van der Waals surface area (Å²) in [7, 11) is -3.83. The van der Waals surface area contributed by atoms with E-state index >= 15 is 0 Å². The minimum atomic E-state index is -3.83. The van der Waals surface area contributed by atoms with Crippen LogP contribution in [0.3, 0.4) is 0 Å². The van der Waals surface area contributed by atoms with Gasteiger partial charge < -0.3 is 6.15 Å². The van der Waals surface area contributed by atoms with E-state index in [1.807, 2.05) is 0 Å². The van der Waals surface area contributed by atoms with Crippen molar-refractivity contribution in [2.24, 2.45) is 0 Å². The fourth-order valence-electron chi connectivity index (χ4n) is 0. The van der Waals surface area contributed by atoms with E-state index in [0.717, 1.165) is 0 Å². The van der Waals surface area contributed by atoms with Crippen molar-refractivity contribution in [2.45, 2.75) is 0 Å². The Morgan fingerprint density at radius 1 is 1.38 bits per heavy atom. The van der Waals surface area contributed by atoms with Crippen LogP contribution in [0, 0.1) is 0 Å². The maximum Gasteiger partial charge on any atom is 0.263 e. The van der Waals surface area contributed by atoms with Crippen LogP contribution in [-0.2, 0) is 59.4 Å². The third kappa shape index (κ3) is 141. The van der Waals surface area contributed by atoms with E-state index < -0.39 is 9.05 Å². The molecule has 0 heterocycles. The van der Waals surface area contributed by atoms with Gasteiger partial charge in [-0.3, -0.25) is 9.11 Å². The van der Waals surface area contributed by atoms with Gasteiger partial charge in [0.25, 0.3) is 9.05 Å². The van der Waals surface area contributed by atoms with Crippen LogP contribution in [0.15, 0.2) is 0 Å². The summed E-state index contributed by atoms with van der Waals surface area (Å²) in [5.74, 6) is 0. The van der Waals surface area contributed by atoms with Crippen molar-refractivity contribution in [3.05, 3.63) is 0 Å². The quantitative estimate of drug-likeness (QED) is 0.503. The van der Waals surface area contributed by atoms with Crippen molar-refractivity contribution in [3.63, 3.8) is 0 Å². The third-order valence-corrected chi connectivity index (χ3v) is 0. The van der Waals surface area contributed by atoms with Gasteiger partial charge in [-0.2, -0.15) is 4.21 Å². The SMILES string of the molecule is N.O=S(O)(O)=S.[Au].[Co]. The molecule has 8 heteroatoms. The molecule has 0 aromatic rings. The van der Waals surface area contributed by atoms with Gasteiger partial charge in [0, 0.05) is 50.3 Å². The molecular formula is H5AuCoNO3S2. The zero-order valence-corrected chi connectivity index (χ0v) is 8.30. The second-order valence-corrected chi connectivity index (χ2v) is 2.65. The van der Waals surface area contributed by atoms with Crippen molar-refractivity contribution in [1.29, 1.82) is 0 Å². The van der Waals surface area contributed by atoms with Crippen LogP contribution >= 0.6 is 0 Å². The van der Waals surface area contributed by atoms with Crippen LogP contribution < -0.4 is 6.15 Å². The number of hydrogen-bond acceptors (Lipinski definition) is 3. The maximum atomic E-state index is 9.11. The fraction of sp³-hybridized carbons (Fsp3) is 0. The summed E-state index contributed by atoms with van der Waals surface area (Å²) in [5, 5.41) is 0. The molecule has 8 heavy (non-hydrogen) atoms. The average Bonchev–Trinajstić information content (AvgIpc) is 0.722. The smallest absolute Gasteiger partial charge is 0.263 e. The second kappa shape index (κ2) is 8.50. The molecule has 0 fully saturated rings. The molecular weight excluding hydrogens is 382 g/mol. The summed E-state index contributed by atoms with van der Waals surface area (Å²) >= 11 is 3.47. The Morgan fingerprint density at radius 2 is 1.38 bits per heavy atom. The first-order valence-corrected chi connectivity index (χ1v) is 3.10. The van der Waals surface area contributed by atoms with E-state index in [-0.39, 0.29) is 45.3 Å². The summed E-state index contributed by atoms with van der Waals surface area (Å²) in [5.41, 5.74) is 0. The molecule has 0 saturated carbocycles. The predicted molar refractivity (Wildman–Crippen MR) is 25.8 cm³/mol. The molecule has 0 saturated heterocycles. The van der Waals surface area contributed by atoms with Crippen molar-refractivity contribution in [2.75, 3.05) is 0 Å². The zero-order valence-electron chi connectivity index (χ0n) is 3.46. The largest absolute Gasteiger partial charge is 0.344 e. The van der Waals surface area contributed by atoms with E-state index in [1.54, 1.807) is 0 Å². The van der Waals surface area contributed by atoms with E-state index in [0.29, 0.717) is 0 Å². The van der Waals surface area contributed by atoms with Crippen molar-refractivity contribution < 1.29 is 52.5 Å². The number of hydrogen-bond donors (Lipinski definition) is 3. The Labute approximate surface area is 78.4 Å². The Kier molecular flexibility index (Phi) is 24.1. The summed E-state index contributed by atoms with van der Waals surface area (Å²) < 4.78 is 24.0. The first-order valence-electron chi connectivity index (χ1n) is 0.698. The van der Waals surface area contributed by atoms with Gasteiger partial charge in [-0.05, 0) is 0 Å². The summed E-state index contributed by atoms with van der Waals surface area (Å²) in [6.07, 6.45) is 0. The van der Waals surface area contributed by atoms with Gasteiger partial charge in [0.05, 0.1) is 0 Å². The van der Waals surface area contributed by atoms with Crippen molar-refractivity contribution in [3.8, 4) is 0 Å².